The van der Waals surface area contributed by atoms with Gasteiger partial charge in [0.1, 0.15) is 5.82 Å². The predicted octanol–water partition coefficient (Wildman–Crippen LogP) is 3.74. The van der Waals surface area contributed by atoms with Crippen LogP contribution < -0.4 is 15.4 Å². The summed E-state index contributed by atoms with van der Waals surface area (Å²) < 4.78 is 35.3. The van der Waals surface area contributed by atoms with E-state index >= 15 is 0 Å². The van der Waals surface area contributed by atoms with Gasteiger partial charge >= 0.3 is 5.97 Å². The van der Waals surface area contributed by atoms with Crippen molar-refractivity contribution < 1.29 is 22.7 Å². The average molecular weight is 579 g/mol. The molecule has 4 aromatic rings. The van der Waals surface area contributed by atoms with Gasteiger partial charge in [-0.05, 0) is 75.4 Å². The Morgan fingerprint density at radius 1 is 1.02 bits per heavy atom. The lowest BCUT2D eigenvalue weighted by atomic mass is 10.0. The Kier molecular flexibility index (Phi) is 9.04. The minimum absolute atomic E-state index is 0.0429. The van der Waals surface area contributed by atoms with E-state index in [0.717, 1.165) is 18.1 Å². The second-order valence-corrected chi connectivity index (χ2v) is 11.6. The van der Waals surface area contributed by atoms with Crippen LogP contribution in [-0.4, -0.2) is 54.8 Å². The van der Waals surface area contributed by atoms with E-state index in [-0.39, 0.29) is 16.9 Å². The normalized spacial score (nSPS) is 13.0. The number of unbranched alkanes of at least 4 members (excludes halogenated alkanes) is 1. The number of benzene rings is 2. The fraction of sp³-hybridized carbons (Fsp3) is 0.310. The molecule has 0 fully saturated rings. The Morgan fingerprint density at radius 3 is 2.46 bits per heavy atom. The molecular weight excluding hydrogens is 544 g/mol. The zero-order valence-corrected chi connectivity index (χ0v) is 24.3. The Labute approximate surface area is 239 Å². The number of aromatic nitrogens is 3. The molecule has 0 aliphatic rings. The van der Waals surface area contributed by atoms with Gasteiger partial charge in [0.25, 0.3) is 5.91 Å². The number of nitrogens with zero attached hydrogens (tertiary/aromatic N) is 2. The second kappa shape index (κ2) is 12.5. The van der Waals surface area contributed by atoms with Gasteiger partial charge in [0.15, 0.2) is 0 Å². The molecule has 11 nitrogen and oxygen atoms in total. The molecule has 2 aromatic carbocycles. The van der Waals surface area contributed by atoms with Crippen molar-refractivity contribution in [3.63, 3.8) is 0 Å². The number of anilines is 1. The molecular formula is C29H34N6O5S. The number of carbonyl (C=O) groups excluding carboxylic acids is 2. The quantitative estimate of drug-likeness (QED) is 0.113. The van der Waals surface area contributed by atoms with Crippen LogP contribution in [0.4, 0.5) is 5.82 Å². The monoisotopic (exact) mass is 578 g/mol. The number of sulfonamides is 1. The number of aryl methyl sites for hydroxylation is 3. The molecule has 1 amide bonds. The third kappa shape index (κ3) is 6.90. The van der Waals surface area contributed by atoms with Crippen molar-refractivity contribution in [2.24, 2.45) is 0 Å². The predicted molar refractivity (Wildman–Crippen MR) is 156 cm³/mol. The largest absolute Gasteiger partial charge is 0.466 e. The van der Waals surface area contributed by atoms with Crippen LogP contribution in [0, 0.1) is 20.8 Å². The third-order valence-electron chi connectivity index (χ3n) is 6.70. The summed E-state index contributed by atoms with van der Waals surface area (Å²) in [5.41, 5.74) is 0.694. The van der Waals surface area contributed by atoms with Crippen molar-refractivity contribution in [3.05, 3.63) is 83.2 Å². The highest BCUT2D eigenvalue weighted by atomic mass is 32.2. The summed E-state index contributed by atoms with van der Waals surface area (Å²) in [5, 5.41) is 13.4. The van der Waals surface area contributed by atoms with Crippen LogP contribution in [-0.2, 0) is 19.6 Å². The van der Waals surface area contributed by atoms with Gasteiger partial charge in [-0.25, -0.2) is 18.2 Å². The fourth-order valence-electron chi connectivity index (χ4n) is 4.92. The first-order valence-corrected chi connectivity index (χ1v) is 14.6. The van der Waals surface area contributed by atoms with Crippen molar-refractivity contribution >= 4 is 38.6 Å². The molecule has 2 aromatic heterocycles. The molecule has 12 heteroatoms. The van der Waals surface area contributed by atoms with Crippen LogP contribution in [0.25, 0.3) is 10.9 Å². The van der Waals surface area contributed by atoms with E-state index in [4.69, 9.17) is 4.74 Å². The second-order valence-electron chi connectivity index (χ2n) is 9.96. The van der Waals surface area contributed by atoms with Crippen molar-refractivity contribution in [2.45, 2.75) is 50.6 Å². The Hall–Kier alpha value is -4.29. The number of esters is 1. The number of H-pyrrole nitrogens is 1. The maximum atomic E-state index is 13.8. The van der Waals surface area contributed by atoms with Crippen LogP contribution in [0.3, 0.4) is 0 Å². The van der Waals surface area contributed by atoms with E-state index in [2.05, 4.69) is 30.5 Å². The number of fused-ring (bicyclic) bond motifs is 1. The number of aromatic amines is 1. The van der Waals surface area contributed by atoms with Crippen molar-refractivity contribution in [3.8, 4) is 0 Å². The summed E-state index contributed by atoms with van der Waals surface area (Å²) in [4.78, 5) is 31.2. The SMILES string of the molecule is COC(=O)[C@@](CCCCNc1ccccn1)(NC(=O)c1ccc2cn[nH]c2c1)NS(=O)(=O)c1c(C)cc(C)cc1C. The molecule has 41 heavy (non-hydrogen) atoms. The van der Waals surface area contributed by atoms with Gasteiger partial charge in [0.05, 0.1) is 23.7 Å². The van der Waals surface area contributed by atoms with E-state index in [1.165, 1.54) is 0 Å². The van der Waals surface area contributed by atoms with Crippen LogP contribution in [0.2, 0.25) is 0 Å². The number of methoxy groups -OCH3 is 1. The summed E-state index contributed by atoms with van der Waals surface area (Å²) in [5.74, 6) is -0.893. The smallest absolute Gasteiger partial charge is 0.347 e. The maximum absolute atomic E-state index is 13.8. The van der Waals surface area contributed by atoms with Gasteiger partial charge in [0, 0.05) is 23.7 Å². The molecule has 4 rings (SSSR count). The first-order chi connectivity index (χ1) is 19.5. The molecule has 0 radical (unpaired) electrons. The van der Waals surface area contributed by atoms with Crippen molar-refractivity contribution in [1.29, 1.82) is 0 Å². The van der Waals surface area contributed by atoms with Gasteiger partial charge in [-0.3, -0.25) is 9.89 Å². The van der Waals surface area contributed by atoms with Crippen molar-refractivity contribution in [1.82, 2.24) is 25.2 Å². The van der Waals surface area contributed by atoms with Gasteiger partial charge in [-0.15, -0.1) is 0 Å². The van der Waals surface area contributed by atoms with Crippen molar-refractivity contribution in [2.75, 3.05) is 19.0 Å². The summed E-state index contributed by atoms with van der Waals surface area (Å²) in [7, 11) is -3.15. The lowest BCUT2D eigenvalue weighted by Gasteiger charge is -2.33. The first-order valence-electron chi connectivity index (χ1n) is 13.2. The number of hydrogen-bond donors (Lipinski definition) is 4. The van der Waals surface area contributed by atoms with Crippen LogP contribution in [0.1, 0.15) is 46.3 Å². The molecule has 0 spiro atoms. The Morgan fingerprint density at radius 2 is 1.78 bits per heavy atom. The topological polar surface area (TPSA) is 155 Å². The molecule has 0 aliphatic heterocycles. The van der Waals surface area contributed by atoms with E-state index in [1.54, 1.807) is 56.6 Å². The van der Waals surface area contributed by atoms with Crippen LogP contribution >= 0.6 is 0 Å². The Balaban J connectivity index is 1.65. The highest BCUT2D eigenvalue weighted by Gasteiger charge is 2.45. The molecule has 216 valence electrons. The van der Waals surface area contributed by atoms with Crippen LogP contribution in [0.5, 0.6) is 0 Å². The standard InChI is InChI=1S/C29H34N6O5S/c1-19-15-20(2)26(21(3)16-19)41(38,39)35-29(28(37)40-4,12-6-8-14-31-25-9-5-7-13-30-25)33-27(36)22-10-11-23-18-32-34-24(23)17-22/h5,7,9-11,13,15-18,35H,6,8,12,14H2,1-4H3,(H,30,31)(H,32,34)(H,33,36)/t29-/m0/s1. The number of rotatable bonds is 12. The van der Waals surface area contributed by atoms with Crippen LogP contribution in [0.15, 0.2) is 65.8 Å². The lowest BCUT2D eigenvalue weighted by Crippen LogP contribution is -2.65. The number of hydrogen-bond acceptors (Lipinski definition) is 8. The molecule has 0 saturated carbocycles. The third-order valence-corrected chi connectivity index (χ3v) is 8.50. The van der Waals surface area contributed by atoms with Gasteiger partial charge in [0.2, 0.25) is 15.7 Å². The average Bonchev–Trinajstić information content (AvgIpc) is 3.40. The van der Waals surface area contributed by atoms with Gasteiger partial charge < -0.3 is 15.4 Å². The molecule has 2 heterocycles. The highest BCUT2D eigenvalue weighted by molar-refractivity contribution is 7.89. The molecule has 0 unspecified atom stereocenters. The minimum atomic E-state index is -4.30. The van der Waals surface area contributed by atoms with Gasteiger partial charge in [-0.2, -0.15) is 9.82 Å². The molecule has 0 saturated heterocycles. The van der Waals surface area contributed by atoms with E-state index in [0.29, 0.717) is 41.8 Å². The maximum Gasteiger partial charge on any atom is 0.347 e. The molecule has 0 aliphatic carbocycles. The summed E-state index contributed by atoms with van der Waals surface area (Å²) >= 11 is 0. The highest BCUT2D eigenvalue weighted by Crippen LogP contribution is 2.26. The summed E-state index contributed by atoms with van der Waals surface area (Å²) in [6, 6.07) is 13.9. The number of amides is 1. The zero-order chi connectivity index (χ0) is 29.6. The van der Waals surface area contributed by atoms with E-state index < -0.39 is 27.6 Å². The Bertz CT molecular complexity index is 1630. The van der Waals surface area contributed by atoms with E-state index in [1.807, 2.05) is 25.1 Å². The zero-order valence-electron chi connectivity index (χ0n) is 23.4. The fourth-order valence-corrected chi connectivity index (χ4v) is 6.69. The summed E-state index contributed by atoms with van der Waals surface area (Å²) in [6.07, 6.45) is 4.14. The minimum Gasteiger partial charge on any atom is -0.466 e. The molecule has 4 N–H and O–H groups in total. The number of nitrogens with one attached hydrogen (secondary N) is 4. The number of ether oxygens (including phenoxy) is 1. The molecule has 0 bridgehead atoms. The number of carbonyl (C=O) groups is 2. The molecule has 1 atom stereocenters. The first kappa shape index (κ1) is 29.7. The lowest BCUT2D eigenvalue weighted by molar-refractivity contribution is -0.149. The number of pyridine rings is 1. The van der Waals surface area contributed by atoms with E-state index in [9.17, 15) is 18.0 Å². The summed E-state index contributed by atoms with van der Waals surface area (Å²) in [6.45, 7) is 5.77. The van der Waals surface area contributed by atoms with Gasteiger partial charge in [-0.1, -0.05) is 29.8 Å².